The fourth-order valence-corrected chi connectivity index (χ4v) is 1.65. The van der Waals surface area contributed by atoms with Crippen molar-refractivity contribution in [3.63, 3.8) is 0 Å². The molecule has 120 valence electrons. The summed E-state index contributed by atoms with van der Waals surface area (Å²) < 4.78 is 0. The predicted molar refractivity (Wildman–Crippen MR) is 83.1 cm³/mol. The number of hydrogen-bond acceptors (Lipinski definition) is 7. The van der Waals surface area contributed by atoms with Crippen LogP contribution in [0.2, 0.25) is 0 Å². The van der Waals surface area contributed by atoms with E-state index in [0.29, 0.717) is 18.7 Å². The molecule has 0 saturated heterocycles. The molecule has 0 atom stereocenters. The molecule has 0 aliphatic heterocycles. The van der Waals surface area contributed by atoms with Crippen LogP contribution in [0.25, 0.3) is 0 Å². The second kappa shape index (κ2) is 9.35. The van der Waals surface area contributed by atoms with Gasteiger partial charge in [-0.05, 0) is 31.1 Å². The minimum atomic E-state index is -0.470. The molecule has 22 heavy (non-hydrogen) atoms. The number of pyridine rings is 1. The summed E-state index contributed by atoms with van der Waals surface area (Å²) in [6.07, 6.45) is 5.12. The summed E-state index contributed by atoms with van der Waals surface area (Å²) in [6.45, 7) is 3.90. The second-order valence-electron chi connectivity index (χ2n) is 4.51. The molecular formula is C14H21N5O3. The molecule has 5 N–H and O–H groups in total. The van der Waals surface area contributed by atoms with Crippen LogP contribution in [0.3, 0.4) is 0 Å². The van der Waals surface area contributed by atoms with Crippen molar-refractivity contribution in [1.82, 2.24) is 10.3 Å². The Morgan fingerprint density at radius 3 is 2.86 bits per heavy atom. The number of hydrogen-bond donors (Lipinski definition) is 3. The van der Waals surface area contributed by atoms with Crippen molar-refractivity contribution in [2.75, 3.05) is 17.5 Å². The van der Waals surface area contributed by atoms with E-state index in [4.69, 9.17) is 16.4 Å². The van der Waals surface area contributed by atoms with Crippen molar-refractivity contribution in [2.45, 2.75) is 25.7 Å². The standard InChI is InChI=1S/C14H21N5O3/c1-2-12(20)17-9-5-3-4-8-13(21)22-19(16)14-11(15)7-6-10-18-14/h2,6-7,10H,1,3-5,8-9,15-16H2,(H,17,20). The van der Waals surface area contributed by atoms with Crippen molar-refractivity contribution in [1.29, 1.82) is 0 Å². The Balaban J connectivity index is 2.20. The van der Waals surface area contributed by atoms with E-state index in [1.165, 1.54) is 12.3 Å². The topological polar surface area (TPSA) is 124 Å². The Bertz CT molecular complexity index is 521. The van der Waals surface area contributed by atoms with E-state index in [0.717, 1.165) is 18.0 Å². The molecule has 1 rings (SSSR count). The third-order valence-corrected chi connectivity index (χ3v) is 2.77. The van der Waals surface area contributed by atoms with Crippen LogP contribution in [-0.4, -0.2) is 23.4 Å². The molecule has 0 aliphatic carbocycles. The van der Waals surface area contributed by atoms with Crippen molar-refractivity contribution < 1.29 is 14.4 Å². The number of carbonyl (C=O) groups is 2. The van der Waals surface area contributed by atoms with Gasteiger partial charge in [-0.15, -0.1) is 5.17 Å². The van der Waals surface area contributed by atoms with Gasteiger partial charge in [0.2, 0.25) is 11.7 Å². The van der Waals surface area contributed by atoms with Crippen molar-refractivity contribution in [2.24, 2.45) is 5.84 Å². The highest BCUT2D eigenvalue weighted by molar-refractivity contribution is 5.86. The summed E-state index contributed by atoms with van der Waals surface area (Å²) in [5.74, 6) is 5.10. The first kappa shape index (κ1) is 17.4. The average molecular weight is 307 g/mol. The fraction of sp³-hybridized carbons (Fsp3) is 0.357. The van der Waals surface area contributed by atoms with Gasteiger partial charge in [0.15, 0.2) is 0 Å². The first-order valence-corrected chi connectivity index (χ1v) is 6.91. The molecule has 1 amide bonds. The molecule has 1 aromatic heterocycles. The molecule has 0 radical (unpaired) electrons. The van der Waals surface area contributed by atoms with Gasteiger partial charge < -0.3 is 15.9 Å². The number of nitrogens with two attached hydrogens (primary N) is 2. The molecule has 0 bridgehead atoms. The van der Waals surface area contributed by atoms with Crippen LogP contribution in [0.1, 0.15) is 25.7 Å². The van der Waals surface area contributed by atoms with Crippen LogP contribution in [0.5, 0.6) is 0 Å². The number of anilines is 2. The van der Waals surface area contributed by atoms with Crippen molar-refractivity contribution in [3.05, 3.63) is 31.0 Å². The SMILES string of the molecule is C=CC(=O)NCCCCCC(=O)ON(N)c1ncccc1N. The van der Waals surface area contributed by atoms with Gasteiger partial charge in [0.25, 0.3) is 0 Å². The van der Waals surface area contributed by atoms with Gasteiger partial charge in [0.05, 0.1) is 5.69 Å². The third kappa shape index (κ3) is 6.23. The highest BCUT2D eigenvalue weighted by Gasteiger charge is 2.12. The minimum absolute atomic E-state index is 0.183. The number of carbonyl (C=O) groups excluding carboxylic acids is 2. The molecule has 0 aromatic carbocycles. The van der Waals surface area contributed by atoms with Crippen molar-refractivity contribution >= 4 is 23.4 Å². The van der Waals surface area contributed by atoms with Crippen LogP contribution < -0.4 is 22.1 Å². The third-order valence-electron chi connectivity index (χ3n) is 2.77. The Hall–Kier alpha value is -2.61. The zero-order valence-electron chi connectivity index (χ0n) is 12.3. The number of aromatic nitrogens is 1. The number of amides is 1. The number of nitrogens with zero attached hydrogens (tertiary/aromatic N) is 2. The summed E-state index contributed by atoms with van der Waals surface area (Å²) in [5, 5.41) is 3.42. The van der Waals surface area contributed by atoms with Crippen LogP contribution in [0, 0.1) is 0 Å². The molecule has 0 saturated carbocycles. The van der Waals surface area contributed by atoms with Gasteiger partial charge in [-0.25, -0.2) is 15.6 Å². The van der Waals surface area contributed by atoms with Crippen molar-refractivity contribution in [3.8, 4) is 0 Å². The molecule has 0 fully saturated rings. The fourth-order valence-electron chi connectivity index (χ4n) is 1.65. The quantitative estimate of drug-likeness (QED) is 0.265. The van der Waals surface area contributed by atoms with E-state index in [1.807, 2.05) is 0 Å². The Kier molecular flexibility index (Phi) is 7.41. The Morgan fingerprint density at radius 2 is 2.18 bits per heavy atom. The number of rotatable bonds is 9. The van der Waals surface area contributed by atoms with Gasteiger partial charge in [-0.3, -0.25) is 4.79 Å². The lowest BCUT2D eigenvalue weighted by atomic mass is 10.2. The molecule has 8 nitrogen and oxygen atoms in total. The lowest BCUT2D eigenvalue weighted by Crippen LogP contribution is -2.35. The van der Waals surface area contributed by atoms with E-state index >= 15 is 0 Å². The van der Waals surface area contributed by atoms with Crippen LogP contribution in [-0.2, 0) is 14.4 Å². The summed E-state index contributed by atoms with van der Waals surface area (Å²) in [7, 11) is 0. The lowest BCUT2D eigenvalue weighted by Gasteiger charge is -2.17. The van der Waals surface area contributed by atoms with Gasteiger partial charge in [0.1, 0.15) is 0 Å². The van der Waals surface area contributed by atoms with Gasteiger partial charge >= 0.3 is 5.97 Å². The number of nitrogen functional groups attached to an aromatic ring is 1. The normalized spacial score (nSPS) is 9.86. The second-order valence-corrected chi connectivity index (χ2v) is 4.51. The first-order chi connectivity index (χ1) is 10.5. The van der Waals surface area contributed by atoms with E-state index in [-0.39, 0.29) is 18.1 Å². The Labute approximate surface area is 129 Å². The summed E-state index contributed by atoms with van der Waals surface area (Å²) in [4.78, 5) is 31.4. The lowest BCUT2D eigenvalue weighted by molar-refractivity contribution is -0.145. The van der Waals surface area contributed by atoms with Crippen LogP contribution >= 0.6 is 0 Å². The molecule has 8 heteroatoms. The zero-order valence-corrected chi connectivity index (χ0v) is 12.3. The van der Waals surface area contributed by atoms with Gasteiger partial charge in [-0.1, -0.05) is 13.0 Å². The number of nitrogens with one attached hydrogen (secondary N) is 1. The number of unbranched alkanes of at least 4 members (excludes halogenated alkanes) is 2. The molecule has 0 aliphatic rings. The molecular weight excluding hydrogens is 286 g/mol. The highest BCUT2D eigenvalue weighted by Crippen LogP contribution is 2.16. The zero-order chi connectivity index (χ0) is 16.4. The maximum absolute atomic E-state index is 11.6. The molecule has 0 spiro atoms. The van der Waals surface area contributed by atoms with E-state index < -0.39 is 5.97 Å². The van der Waals surface area contributed by atoms with Gasteiger partial charge in [-0.2, -0.15) is 0 Å². The molecule has 1 heterocycles. The highest BCUT2D eigenvalue weighted by atomic mass is 16.7. The Morgan fingerprint density at radius 1 is 1.41 bits per heavy atom. The minimum Gasteiger partial charge on any atom is -0.396 e. The maximum atomic E-state index is 11.6. The van der Waals surface area contributed by atoms with Gasteiger partial charge in [0, 0.05) is 19.2 Å². The predicted octanol–water partition coefficient (Wildman–Crippen LogP) is 0.665. The summed E-state index contributed by atoms with van der Waals surface area (Å²) >= 11 is 0. The number of hydrazine groups is 1. The van der Waals surface area contributed by atoms with E-state index in [9.17, 15) is 9.59 Å². The average Bonchev–Trinajstić information content (AvgIpc) is 2.50. The summed E-state index contributed by atoms with van der Waals surface area (Å²) in [5.41, 5.74) is 5.99. The monoisotopic (exact) mass is 307 g/mol. The summed E-state index contributed by atoms with van der Waals surface area (Å²) in [6, 6.07) is 3.26. The molecule has 1 aromatic rings. The van der Waals surface area contributed by atoms with Crippen LogP contribution in [0.15, 0.2) is 31.0 Å². The largest absolute Gasteiger partial charge is 0.396 e. The maximum Gasteiger partial charge on any atom is 0.334 e. The van der Waals surface area contributed by atoms with E-state index in [1.54, 1.807) is 12.1 Å². The van der Waals surface area contributed by atoms with Crippen LogP contribution in [0.4, 0.5) is 11.5 Å². The molecule has 0 unspecified atom stereocenters. The smallest absolute Gasteiger partial charge is 0.334 e. The van der Waals surface area contributed by atoms with E-state index in [2.05, 4.69) is 16.9 Å². The first-order valence-electron chi connectivity index (χ1n) is 6.91.